The number of hydrogen-bond acceptors (Lipinski definition) is 2. The van der Waals surface area contributed by atoms with E-state index >= 15 is 0 Å². The van der Waals surface area contributed by atoms with Crippen LogP contribution in [0.1, 0.15) is 47.0 Å². The van der Waals surface area contributed by atoms with Crippen molar-refractivity contribution < 1.29 is 10.2 Å². The molecule has 2 nitrogen and oxygen atoms in total. The Kier molecular flexibility index (Phi) is 5.41. The summed E-state index contributed by atoms with van der Waals surface area (Å²) in [5.41, 5.74) is 2.25. The molecular formula is C15H26O2. The molecule has 4 atom stereocenters. The van der Waals surface area contributed by atoms with Crippen LogP contribution in [-0.4, -0.2) is 22.4 Å². The third kappa shape index (κ3) is 3.97. The quantitative estimate of drug-likeness (QED) is 0.739. The zero-order chi connectivity index (χ0) is 13.0. The topological polar surface area (TPSA) is 40.5 Å². The van der Waals surface area contributed by atoms with E-state index in [0.29, 0.717) is 5.92 Å². The molecule has 1 aliphatic rings. The summed E-state index contributed by atoms with van der Waals surface area (Å²) in [6.45, 7) is 8.28. The Bertz CT molecular complexity index is 300. The molecule has 0 saturated heterocycles. The molecule has 1 rings (SSSR count). The number of allylic oxidation sites excluding steroid dienone is 3. The molecule has 2 unspecified atom stereocenters. The van der Waals surface area contributed by atoms with Gasteiger partial charge < -0.3 is 10.2 Å². The number of aliphatic hydroxyl groups is 2. The highest BCUT2D eigenvalue weighted by Crippen LogP contribution is 2.32. The predicted octanol–water partition coefficient (Wildman–Crippen LogP) is 3.06. The number of aliphatic hydroxyl groups excluding tert-OH is 2. The van der Waals surface area contributed by atoms with Gasteiger partial charge in [-0.05, 0) is 57.4 Å². The maximum Gasteiger partial charge on any atom is 0.101 e. The maximum atomic E-state index is 10.1. The van der Waals surface area contributed by atoms with Crippen LogP contribution in [0.3, 0.4) is 0 Å². The second-order valence-corrected chi connectivity index (χ2v) is 5.62. The van der Waals surface area contributed by atoms with Crippen LogP contribution in [-0.2, 0) is 0 Å². The minimum atomic E-state index is -0.667. The highest BCUT2D eigenvalue weighted by Gasteiger charge is 2.33. The van der Waals surface area contributed by atoms with E-state index in [9.17, 15) is 10.2 Å². The van der Waals surface area contributed by atoms with E-state index in [-0.39, 0.29) is 5.92 Å². The van der Waals surface area contributed by atoms with Crippen LogP contribution in [0.15, 0.2) is 23.3 Å². The number of rotatable bonds is 4. The van der Waals surface area contributed by atoms with E-state index in [1.165, 1.54) is 5.57 Å². The Morgan fingerprint density at radius 3 is 2.71 bits per heavy atom. The lowest BCUT2D eigenvalue weighted by molar-refractivity contribution is -0.0219. The van der Waals surface area contributed by atoms with Crippen molar-refractivity contribution in [2.24, 2.45) is 11.8 Å². The highest BCUT2D eigenvalue weighted by atomic mass is 16.3. The summed E-state index contributed by atoms with van der Waals surface area (Å²) in [5.74, 6) is 0.638. The fourth-order valence-corrected chi connectivity index (χ4v) is 2.50. The lowest BCUT2D eigenvalue weighted by atomic mass is 9.76. The van der Waals surface area contributed by atoms with Gasteiger partial charge in [-0.1, -0.05) is 24.6 Å². The zero-order valence-electron chi connectivity index (χ0n) is 11.5. The number of hydrogen-bond donors (Lipinski definition) is 2. The second-order valence-electron chi connectivity index (χ2n) is 5.62. The normalized spacial score (nSPS) is 30.7. The van der Waals surface area contributed by atoms with E-state index in [1.807, 2.05) is 6.92 Å². The van der Waals surface area contributed by atoms with Gasteiger partial charge in [-0.25, -0.2) is 0 Å². The van der Waals surface area contributed by atoms with Crippen molar-refractivity contribution in [1.82, 2.24) is 0 Å². The van der Waals surface area contributed by atoms with Crippen molar-refractivity contribution in [3.05, 3.63) is 23.3 Å². The van der Waals surface area contributed by atoms with Crippen molar-refractivity contribution in [2.75, 3.05) is 0 Å². The molecule has 0 aromatic rings. The molecule has 98 valence electrons. The Balaban J connectivity index is 2.53. The summed E-state index contributed by atoms with van der Waals surface area (Å²) in [4.78, 5) is 0. The van der Waals surface area contributed by atoms with Crippen LogP contribution < -0.4 is 0 Å². The predicted molar refractivity (Wildman–Crippen MR) is 71.7 cm³/mol. The Hall–Kier alpha value is -0.600. The summed E-state index contributed by atoms with van der Waals surface area (Å²) in [7, 11) is 0. The van der Waals surface area contributed by atoms with E-state index in [4.69, 9.17) is 0 Å². The van der Waals surface area contributed by atoms with Crippen LogP contribution in [0.25, 0.3) is 0 Å². The van der Waals surface area contributed by atoms with Crippen LogP contribution >= 0.6 is 0 Å². The van der Waals surface area contributed by atoms with Crippen LogP contribution in [0.4, 0.5) is 0 Å². The van der Waals surface area contributed by atoms with E-state index in [0.717, 1.165) is 24.8 Å². The van der Waals surface area contributed by atoms with Gasteiger partial charge in [0.2, 0.25) is 0 Å². The molecule has 0 spiro atoms. The largest absolute Gasteiger partial charge is 0.390 e. The third-order valence-electron chi connectivity index (χ3n) is 3.85. The summed E-state index contributed by atoms with van der Waals surface area (Å²) >= 11 is 0. The van der Waals surface area contributed by atoms with Crippen molar-refractivity contribution in [3.63, 3.8) is 0 Å². The van der Waals surface area contributed by atoms with Crippen LogP contribution in [0.2, 0.25) is 0 Å². The Labute approximate surface area is 105 Å². The van der Waals surface area contributed by atoms with Crippen molar-refractivity contribution in [1.29, 1.82) is 0 Å². The first-order valence-corrected chi connectivity index (χ1v) is 6.59. The Morgan fingerprint density at radius 1 is 1.47 bits per heavy atom. The van der Waals surface area contributed by atoms with Gasteiger partial charge in [-0.15, -0.1) is 0 Å². The van der Waals surface area contributed by atoms with Gasteiger partial charge in [0.25, 0.3) is 0 Å². The van der Waals surface area contributed by atoms with Gasteiger partial charge in [0.15, 0.2) is 0 Å². The SMILES string of the molecule is CC(C)=CCCC(C)C1CC=C(C)[C@@H](O)[C@@H]1O. The fourth-order valence-electron chi connectivity index (χ4n) is 2.50. The molecule has 0 aromatic heterocycles. The summed E-state index contributed by atoms with van der Waals surface area (Å²) < 4.78 is 0. The summed E-state index contributed by atoms with van der Waals surface area (Å²) in [5, 5.41) is 19.9. The lowest BCUT2D eigenvalue weighted by Gasteiger charge is -2.34. The van der Waals surface area contributed by atoms with Gasteiger partial charge in [0.1, 0.15) is 6.10 Å². The van der Waals surface area contributed by atoms with Crippen molar-refractivity contribution >= 4 is 0 Å². The second kappa shape index (κ2) is 6.36. The minimum absolute atomic E-state index is 0.194. The van der Waals surface area contributed by atoms with Gasteiger partial charge >= 0.3 is 0 Å². The fraction of sp³-hybridized carbons (Fsp3) is 0.733. The maximum absolute atomic E-state index is 10.1. The van der Waals surface area contributed by atoms with E-state index in [1.54, 1.807) is 0 Å². The van der Waals surface area contributed by atoms with E-state index < -0.39 is 12.2 Å². The lowest BCUT2D eigenvalue weighted by Crippen LogP contribution is -2.40. The molecule has 0 fully saturated rings. The van der Waals surface area contributed by atoms with E-state index in [2.05, 4.69) is 32.9 Å². The molecular weight excluding hydrogens is 212 g/mol. The van der Waals surface area contributed by atoms with Crippen LogP contribution in [0.5, 0.6) is 0 Å². The molecule has 17 heavy (non-hydrogen) atoms. The van der Waals surface area contributed by atoms with Gasteiger partial charge in [0, 0.05) is 0 Å². The first-order chi connectivity index (χ1) is 7.93. The first-order valence-electron chi connectivity index (χ1n) is 6.59. The third-order valence-corrected chi connectivity index (χ3v) is 3.85. The smallest absolute Gasteiger partial charge is 0.101 e. The van der Waals surface area contributed by atoms with Gasteiger partial charge in [-0.3, -0.25) is 0 Å². The average Bonchev–Trinajstić information content (AvgIpc) is 2.25. The van der Waals surface area contributed by atoms with Crippen LogP contribution in [0, 0.1) is 11.8 Å². The molecule has 0 saturated carbocycles. The molecule has 2 N–H and O–H groups in total. The average molecular weight is 238 g/mol. The highest BCUT2D eigenvalue weighted by molar-refractivity contribution is 5.13. The van der Waals surface area contributed by atoms with Gasteiger partial charge in [-0.2, -0.15) is 0 Å². The molecule has 0 aromatic carbocycles. The molecule has 2 heteroatoms. The molecule has 0 amide bonds. The molecule has 0 bridgehead atoms. The molecule has 0 heterocycles. The summed E-state index contributed by atoms with van der Waals surface area (Å²) in [6, 6.07) is 0. The Morgan fingerprint density at radius 2 is 2.12 bits per heavy atom. The van der Waals surface area contributed by atoms with Crippen molar-refractivity contribution in [3.8, 4) is 0 Å². The molecule has 0 aliphatic heterocycles. The standard InChI is InChI=1S/C15H26O2/c1-10(2)6-5-7-11(3)13-9-8-12(4)14(16)15(13)17/h6,8,11,13-17H,5,7,9H2,1-4H3/t11?,13?,14-,15-/m1/s1. The monoisotopic (exact) mass is 238 g/mol. The zero-order valence-corrected chi connectivity index (χ0v) is 11.5. The summed E-state index contributed by atoms with van der Waals surface area (Å²) in [6.07, 6.45) is 6.07. The minimum Gasteiger partial charge on any atom is -0.390 e. The van der Waals surface area contributed by atoms with Gasteiger partial charge in [0.05, 0.1) is 6.10 Å². The molecule has 0 radical (unpaired) electrons. The molecule has 1 aliphatic carbocycles. The van der Waals surface area contributed by atoms with Crippen molar-refractivity contribution in [2.45, 2.75) is 59.2 Å². The first kappa shape index (κ1) is 14.5.